The molecule has 2 aromatic carbocycles. The Morgan fingerprint density at radius 3 is 2.32 bits per heavy atom. The van der Waals surface area contributed by atoms with Crippen molar-refractivity contribution in [2.45, 2.75) is 43.6 Å². The van der Waals surface area contributed by atoms with Gasteiger partial charge in [0.15, 0.2) is 40.4 Å². The van der Waals surface area contributed by atoms with Gasteiger partial charge in [0, 0.05) is 43.4 Å². The van der Waals surface area contributed by atoms with Crippen molar-refractivity contribution in [1.82, 2.24) is 10.2 Å². The molecule has 0 aromatic heterocycles. The first-order valence-electron chi connectivity index (χ1n) is 15.7. The van der Waals surface area contributed by atoms with Crippen LogP contribution in [0.1, 0.15) is 39.0 Å². The molecule has 2 saturated carbocycles. The van der Waals surface area contributed by atoms with E-state index in [0.717, 1.165) is 12.1 Å². The molecule has 7 atom stereocenters. The number of ether oxygens (including phenoxy) is 2. The van der Waals surface area contributed by atoms with E-state index in [1.54, 1.807) is 25.1 Å². The number of amides is 1. The lowest BCUT2D eigenvalue weighted by Gasteiger charge is -2.52. The van der Waals surface area contributed by atoms with E-state index >= 15 is 0 Å². The highest BCUT2D eigenvalue weighted by molar-refractivity contribution is 6.32. The lowest BCUT2D eigenvalue weighted by molar-refractivity contribution is -0.181. The van der Waals surface area contributed by atoms with Crippen LogP contribution in [-0.2, 0) is 47.8 Å². The van der Waals surface area contributed by atoms with Crippen LogP contribution in [0.4, 0.5) is 18.9 Å². The molecule has 6 rings (SSSR count). The van der Waals surface area contributed by atoms with Crippen LogP contribution in [0.5, 0.6) is 5.75 Å². The van der Waals surface area contributed by atoms with Crippen LogP contribution in [0, 0.1) is 23.7 Å². The third-order valence-electron chi connectivity index (χ3n) is 10.1. The average Bonchev–Trinajstić information content (AvgIpc) is 3.50. The molecule has 1 amide bonds. The van der Waals surface area contributed by atoms with E-state index in [0.29, 0.717) is 16.8 Å². The minimum absolute atomic E-state index is 0.0779. The van der Waals surface area contributed by atoms with Crippen molar-refractivity contribution in [1.29, 1.82) is 0 Å². The predicted molar refractivity (Wildman–Crippen MR) is 168 cm³/mol. The number of benzene rings is 2. The van der Waals surface area contributed by atoms with Crippen molar-refractivity contribution in [2.75, 3.05) is 33.1 Å². The van der Waals surface area contributed by atoms with Crippen molar-refractivity contribution in [3.63, 3.8) is 0 Å². The van der Waals surface area contributed by atoms with E-state index in [2.05, 4.69) is 5.32 Å². The Kier molecular flexibility index (Phi) is 8.56. The number of aromatic hydroxyl groups is 1. The molecule has 3 aliphatic carbocycles. The summed E-state index contributed by atoms with van der Waals surface area (Å²) in [6.45, 7) is -0.133. The van der Waals surface area contributed by atoms with Gasteiger partial charge in [-0.2, -0.15) is 13.2 Å². The number of nitrogens with one attached hydrogen (secondary N) is 1. The standard InChI is InChI=1S/C34H35F3N4O9/c1-40(2)20-11-16(12-39-32-49-13-21(50-32)14-5-7-17(8-6-14)34(35,36)37)26(42)23-18(20)9-15-10-19-25(41(3)4)28(44)24(31(38)47)30(46)33(19,48)29(45)22(15)27(23)43/h5-8,11,13,15,19,22,24-25,32,39,42,48H,9-10,12H2,1-4H3,(H2,38,47)/t15-,19-,22?,24?,25-,32?,33-/m0/s1. The molecule has 16 heteroatoms. The van der Waals surface area contributed by atoms with E-state index in [1.807, 2.05) is 0 Å². The van der Waals surface area contributed by atoms with Gasteiger partial charge in [-0.1, -0.05) is 12.1 Å². The molecule has 1 aliphatic heterocycles. The number of hydrogen-bond donors (Lipinski definition) is 4. The molecule has 0 saturated heterocycles. The maximum absolute atomic E-state index is 14.2. The van der Waals surface area contributed by atoms with Crippen molar-refractivity contribution >= 4 is 40.5 Å². The Hall–Kier alpha value is -4.80. The molecule has 4 aliphatic rings. The topological polar surface area (TPSA) is 189 Å². The molecular formula is C34H35F3N4O9. The summed E-state index contributed by atoms with van der Waals surface area (Å²) in [5.41, 5.74) is 3.05. The van der Waals surface area contributed by atoms with E-state index in [1.165, 1.54) is 37.4 Å². The maximum Gasteiger partial charge on any atom is 0.416 e. The highest BCUT2D eigenvalue weighted by Crippen LogP contribution is 2.52. The summed E-state index contributed by atoms with van der Waals surface area (Å²) >= 11 is 0. The van der Waals surface area contributed by atoms with E-state index in [9.17, 15) is 47.4 Å². The minimum Gasteiger partial charge on any atom is -0.507 e. The van der Waals surface area contributed by atoms with Crippen molar-refractivity contribution in [3.8, 4) is 5.75 Å². The fraction of sp³-hybridized carbons (Fsp3) is 0.441. The van der Waals surface area contributed by atoms with Crippen LogP contribution in [0.2, 0.25) is 0 Å². The Morgan fingerprint density at radius 2 is 1.74 bits per heavy atom. The third kappa shape index (κ3) is 5.41. The van der Waals surface area contributed by atoms with Gasteiger partial charge in [0.2, 0.25) is 5.91 Å². The first-order chi connectivity index (χ1) is 23.4. The Bertz CT molecular complexity index is 1840. The summed E-state index contributed by atoms with van der Waals surface area (Å²) < 4.78 is 50.0. The number of anilines is 1. The van der Waals surface area contributed by atoms with Crippen LogP contribution in [0.25, 0.3) is 5.76 Å². The van der Waals surface area contributed by atoms with Crippen molar-refractivity contribution in [3.05, 3.63) is 64.4 Å². The summed E-state index contributed by atoms with van der Waals surface area (Å²) in [7, 11) is 6.47. The fourth-order valence-electron chi connectivity index (χ4n) is 7.78. The zero-order chi connectivity index (χ0) is 36.6. The summed E-state index contributed by atoms with van der Waals surface area (Å²) in [6, 6.07) is 4.72. The normalized spacial score (nSPS) is 29.1. The monoisotopic (exact) mass is 700 g/mol. The number of primary amides is 1. The number of hydrogen-bond acceptors (Lipinski definition) is 12. The number of Topliss-reactive ketones (excluding diaryl/α,β-unsaturated/α-hetero) is 4. The highest BCUT2D eigenvalue weighted by atomic mass is 19.4. The Labute approximate surface area is 283 Å². The smallest absolute Gasteiger partial charge is 0.416 e. The second-order valence-corrected chi connectivity index (χ2v) is 13.5. The zero-order valence-corrected chi connectivity index (χ0v) is 27.4. The largest absolute Gasteiger partial charge is 0.507 e. The van der Waals surface area contributed by atoms with Gasteiger partial charge in [-0.25, -0.2) is 5.32 Å². The molecule has 13 nitrogen and oxygen atoms in total. The fourth-order valence-corrected chi connectivity index (χ4v) is 7.78. The maximum atomic E-state index is 14.2. The molecule has 0 radical (unpaired) electrons. The zero-order valence-electron chi connectivity index (χ0n) is 27.4. The van der Waals surface area contributed by atoms with Gasteiger partial charge in [-0.05, 0) is 56.6 Å². The molecule has 2 fully saturated rings. The quantitative estimate of drug-likeness (QED) is 0.304. The summed E-state index contributed by atoms with van der Waals surface area (Å²) in [5, 5.41) is 26.2. The number of phenols is 1. The third-order valence-corrected chi connectivity index (χ3v) is 10.1. The Morgan fingerprint density at radius 1 is 1.08 bits per heavy atom. The summed E-state index contributed by atoms with van der Waals surface area (Å²) in [4.78, 5) is 70.6. The number of carbonyl (C=O) groups excluding carboxylic acids is 5. The predicted octanol–water partition coefficient (Wildman–Crippen LogP) is 1.37. The lowest BCUT2D eigenvalue weighted by Crippen LogP contribution is -2.74. The number of nitrogens with zero attached hydrogens (tertiary/aromatic N) is 2. The molecule has 1 heterocycles. The van der Waals surface area contributed by atoms with Gasteiger partial charge < -0.3 is 30.3 Å². The number of halogens is 3. The molecule has 5 N–H and O–H groups in total. The number of carbonyl (C=O) groups is 5. The van der Waals surface area contributed by atoms with Crippen molar-refractivity contribution in [2.24, 2.45) is 29.4 Å². The number of rotatable bonds is 7. The first kappa shape index (κ1) is 35.0. The molecule has 50 heavy (non-hydrogen) atoms. The number of alkyl halides is 3. The molecule has 0 bridgehead atoms. The number of ketones is 4. The van der Waals surface area contributed by atoms with Gasteiger partial charge in [0.05, 0.1) is 23.1 Å². The number of fused-ring (bicyclic) bond motifs is 3. The molecular weight excluding hydrogens is 665 g/mol. The minimum atomic E-state index is -4.50. The molecule has 3 unspecified atom stereocenters. The molecule has 266 valence electrons. The van der Waals surface area contributed by atoms with Gasteiger partial charge in [-0.15, -0.1) is 0 Å². The first-order valence-corrected chi connectivity index (χ1v) is 15.7. The second-order valence-electron chi connectivity index (χ2n) is 13.5. The number of aliphatic hydroxyl groups is 1. The van der Waals surface area contributed by atoms with Crippen LogP contribution in [0.15, 0.2) is 36.6 Å². The number of nitrogens with two attached hydrogens (primary N) is 1. The Balaban J connectivity index is 1.28. The number of phenolic OH excluding ortho intramolecular Hbond substituents is 1. The molecule has 2 aromatic rings. The van der Waals surface area contributed by atoms with E-state index < -0.39 is 88.3 Å². The van der Waals surface area contributed by atoms with E-state index in [-0.39, 0.29) is 36.3 Å². The van der Waals surface area contributed by atoms with Gasteiger partial charge in [-0.3, -0.25) is 28.9 Å². The van der Waals surface area contributed by atoms with Gasteiger partial charge in [0.25, 0.3) is 0 Å². The van der Waals surface area contributed by atoms with Crippen LogP contribution in [-0.4, -0.2) is 90.4 Å². The van der Waals surface area contributed by atoms with Gasteiger partial charge >= 0.3 is 12.6 Å². The second kappa shape index (κ2) is 12.2. The SMILES string of the molecule is CN(C)c1cc(CNC2OC=C(c3ccc(C(F)(F)F)cc3)O2)c(O)c2c1C[C@H]1C[C@H]3[C@H](N(C)C)C(=O)C(C(N)=O)C(=O)[C@@]3(O)C(=O)C1C2=O. The van der Waals surface area contributed by atoms with Crippen LogP contribution < -0.4 is 16.0 Å². The average molecular weight is 701 g/mol. The molecule has 0 spiro atoms. The van der Waals surface area contributed by atoms with Crippen LogP contribution in [0.3, 0.4) is 0 Å². The highest BCUT2D eigenvalue weighted by Gasteiger charge is 2.69. The summed E-state index contributed by atoms with van der Waals surface area (Å²) in [6.07, 6.45) is -4.38. The summed E-state index contributed by atoms with van der Waals surface area (Å²) in [5.74, 6) is -11.4. The van der Waals surface area contributed by atoms with Gasteiger partial charge in [0.1, 0.15) is 12.0 Å². The number of likely N-dealkylation sites (N-methyl/N-ethyl adjacent to an activating group) is 1. The van der Waals surface area contributed by atoms with E-state index in [4.69, 9.17) is 15.2 Å². The lowest BCUT2D eigenvalue weighted by atomic mass is 9.52. The van der Waals surface area contributed by atoms with Crippen molar-refractivity contribution < 1.29 is 56.8 Å². The van der Waals surface area contributed by atoms with Crippen LogP contribution >= 0.6 is 0 Å².